The van der Waals surface area contributed by atoms with Crippen molar-refractivity contribution in [2.75, 3.05) is 0 Å². The molecular formula is C15H20O4. The van der Waals surface area contributed by atoms with Crippen molar-refractivity contribution in [1.82, 2.24) is 0 Å². The summed E-state index contributed by atoms with van der Waals surface area (Å²) in [6.45, 7) is 7.91. The number of hydrogen-bond donors (Lipinski definition) is 1. The summed E-state index contributed by atoms with van der Waals surface area (Å²) in [5, 5.41) is 10.6. The van der Waals surface area contributed by atoms with Gasteiger partial charge < -0.3 is 14.6 Å². The number of carbonyl (C=O) groups excluding carboxylic acids is 1. The Morgan fingerprint density at radius 2 is 2.11 bits per heavy atom. The molecule has 0 spiro atoms. The minimum Gasteiger partial charge on any atom is -0.455 e. The van der Waals surface area contributed by atoms with E-state index in [9.17, 15) is 9.90 Å². The van der Waals surface area contributed by atoms with Gasteiger partial charge in [0.25, 0.3) is 0 Å². The molecule has 0 aromatic heterocycles. The second-order valence-corrected chi connectivity index (χ2v) is 7.07. The molecule has 0 aromatic rings. The van der Waals surface area contributed by atoms with Crippen LogP contribution in [0.5, 0.6) is 0 Å². The summed E-state index contributed by atoms with van der Waals surface area (Å²) >= 11 is 0. The van der Waals surface area contributed by atoms with E-state index in [4.69, 9.17) is 9.47 Å². The molecule has 104 valence electrons. The van der Waals surface area contributed by atoms with Gasteiger partial charge in [0.15, 0.2) is 0 Å². The van der Waals surface area contributed by atoms with E-state index in [1.165, 1.54) is 0 Å². The first-order valence-corrected chi connectivity index (χ1v) is 7.14. The fourth-order valence-electron chi connectivity index (χ4n) is 4.76. The van der Waals surface area contributed by atoms with Crippen LogP contribution < -0.4 is 0 Å². The van der Waals surface area contributed by atoms with Crippen LogP contribution in [-0.2, 0) is 14.3 Å². The molecule has 0 bridgehead atoms. The van der Waals surface area contributed by atoms with Gasteiger partial charge in [0, 0.05) is 11.5 Å². The lowest BCUT2D eigenvalue weighted by Gasteiger charge is -2.31. The predicted octanol–water partition coefficient (Wildman–Crippen LogP) is 1.42. The molecule has 2 saturated heterocycles. The van der Waals surface area contributed by atoms with Gasteiger partial charge in [-0.2, -0.15) is 0 Å². The van der Waals surface area contributed by atoms with Gasteiger partial charge >= 0.3 is 5.97 Å². The maximum absolute atomic E-state index is 11.7. The molecule has 0 amide bonds. The number of esters is 1. The van der Waals surface area contributed by atoms with Crippen molar-refractivity contribution in [1.29, 1.82) is 0 Å². The molecule has 1 N–H and O–H groups in total. The Morgan fingerprint density at radius 1 is 1.37 bits per heavy atom. The molecule has 2 aliphatic heterocycles. The average molecular weight is 264 g/mol. The molecule has 4 nitrogen and oxygen atoms in total. The number of epoxide rings is 1. The van der Waals surface area contributed by atoms with Crippen LogP contribution in [0.3, 0.4) is 0 Å². The van der Waals surface area contributed by atoms with Crippen molar-refractivity contribution < 1.29 is 19.4 Å². The van der Waals surface area contributed by atoms with Gasteiger partial charge in [-0.25, -0.2) is 4.79 Å². The lowest BCUT2D eigenvalue weighted by molar-refractivity contribution is -0.140. The fraction of sp³-hybridized carbons (Fsp3) is 0.800. The minimum absolute atomic E-state index is 0.00963. The van der Waals surface area contributed by atoms with Crippen LogP contribution in [0.15, 0.2) is 12.2 Å². The quantitative estimate of drug-likeness (QED) is 0.408. The Balaban J connectivity index is 1.76. The first-order valence-electron chi connectivity index (χ1n) is 7.14. The van der Waals surface area contributed by atoms with E-state index in [1.54, 1.807) is 0 Å². The number of rotatable bonds is 0. The van der Waals surface area contributed by atoms with Gasteiger partial charge in [-0.1, -0.05) is 6.58 Å². The molecule has 4 rings (SSSR count). The van der Waals surface area contributed by atoms with Crippen LogP contribution >= 0.6 is 0 Å². The highest BCUT2D eigenvalue weighted by Gasteiger charge is 2.71. The number of hydrogen-bond acceptors (Lipinski definition) is 4. The zero-order valence-electron chi connectivity index (χ0n) is 11.4. The van der Waals surface area contributed by atoms with E-state index in [-0.39, 0.29) is 35.6 Å². The Labute approximate surface area is 112 Å². The summed E-state index contributed by atoms with van der Waals surface area (Å²) in [6.07, 6.45) is 2.40. The molecule has 0 aromatic carbocycles. The Hall–Kier alpha value is -0.870. The van der Waals surface area contributed by atoms with Gasteiger partial charge in [-0.3, -0.25) is 0 Å². The number of ether oxygens (including phenoxy) is 2. The summed E-state index contributed by atoms with van der Waals surface area (Å²) < 4.78 is 11.4. The normalized spacial score (nSPS) is 59.0. The summed E-state index contributed by atoms with van der Waals surface area (Å²) in [4.78, 5) is 11.7. The monoisotopic (exact) mass is 264 g/mol. The highest BCUT2D eigenvalue weighted by Crippen LogP contribution is 2.62. The van der Waals surface area contributed by atoms with Crippen LogP contribution in [0.25, 0.3) is 0 Å². The predicted molar refractivity (Wildman–Crippen MR) is 67.2 cm³/mol. The van der Waals surface area contributed by atoms with Crippen molar-refractivity contribution in [3.8, 4) is 0 Å². The van der Waals surface area contributed by atoms with Crippen LogP contribution in [0.2, 0.25) is 0 Å². The second-order valence-electron chi connectivity index (χ2n) is 7.07. The molecule has 2 aliphatic carbocycles. The Kier molecular flexibility index (Phi) is 2.03. The standard InChI is InChI=1S/C15H20O4/c1-7-8-6-10-9(4-5-14(10,2)17)15(3)12(19-15)11(8)18-13(7)16/h8-12,17H,1,4-6H2,2-3H3/t8-,9-,10+,11+,12-,14+,15+/m0/s1. The molecule has 19 heavy (non-hydrogen) atoms. The zero-order chi connectivity index (χ0) is 13.6. The van der Waals surface area contributed by atoms with Crippen molar-refractivity contribution in [2.24, 2.45) is 17.8 Å². The molecular weight excluding hydrogens is 244 g/mol. The van der Waals surface area contributed by atoms with Gasteiger partial charge in [0.2, 0.25) is 0 Å². The molecule has 4 heteroatoms. The van der Waals surface area contributed by atoms with Crippen LogP contribution in [0, 0.1) is 17.8 Å². The Bertz CT molecular complexity index is 483. The van der Waals surface area contributed by atoms with E-state index < -0.39 is 5.60 Å². The molecule has 4 fully saturated rings. The van der Waals surface area contributed by atoms with E-state index in [1.807, 2.05) is 6.92 Å². The molecule has 4 aliphatic rings. The van der Waals surface area contributed by atoms with Gasteiger partial charge in [-0.05, 0) is 44.9 Å². The van der Waals surface area contributed by atoms with Gasteiger partial charge in [0.1, 0.15) is 12.2 Å². The van der Waals surface area contributed by atoms with Gasteiger partial charge in [0.05, 0.1) is 11.2 Å². The largest absolute Gasteiger partial charge is 0.455 e. The third-order valence-electron chi connectivity index (χ3n) is 6.03. The summed E-state index contributed by atoms with van der Waals surface area (Å²) in [5.41, 5.74) is -0.327. The molecule has 0 radical (unpaired) electrons. The second kappa shape index (κ2) is 3.23. The van der Waals surface area contributed by atoms with E-state index in [2.05, 4.69) is 13.5 Å². The minimum atomic E-state index is -0.662. The molecule has 2 heterocycles. The highest BCUT2D eigenvalue weighted by atomic mass is 16.6. The van der Waals surface area contributed by atoms with Crippen molar-refractivity contribution in [3.63, 3.8) is 0 Å². The third kappa shape index (κ3) is 1.34. The van der Waals surface area contributed by atoms with Crippen LogP contribution in [-0.4, -0.2) is 34.5 Å². The van der Waals surface area contributed by atoms with E-state index in [0.29, 0.717) is 11.5 Å². The molecule has 0 unspecified atom stereocenters. The maximum Gasteiger partial charge on any atom is 0.334 e. The highest BCUT2D eigenvalue weighted by molar-refractivity contribution is 5.91. The maximum atomic E-state index is 11.7. The molecule has 7 atom stereocenters. The zero-order valence-corrected chi connectivity index (χ0v) is 11.4. The number of carbonyl (C=O) groups is 1. The van der Waals surface area contributed by atoms with E-state index in [0.717, 1.165) is 19.3 Å². The number of aliphatic hydroxyl groups is 1. The van der Waals surface area contributed by atoms with Crippen molar-refractivity contribution >= 4 is 5.97 Å². The lowest BCUT2D eigenvalue weighted by atomic mass is 9.77. The summed E-state index contributed by atoms with van der Waals surface area (Å²) in [7, 11) is 0. The number of fused-ring (bicyclic) bond motifs is 5. The SMILES string of the molecule is C=C1C(=O)O[C@@H]2[C@H]1C[C@@H]1[C@H](CC[C@@]1(C)O)[C@@]1(C)O[C@@H]21. The molecule has 2 saturated carbocycles. The van der Waals surface area contributed by atoms with Crippen molar-refractivity contribution in [3.05, 3.63) is 12.2 Å². The smallest absolute Gasteiger partial charge is 0.334 e. The average Bonchev–Trinajstić information content (AvgIpc) is 2.83. The van der Waals surface area contributed by atoms with Gasteiger partial charge in [-0.15, -0.1) is 0 Å². The van der Waals surface area contributed by atoms with Crippen LogP contribution in [0.1, 0.15) is 33.1 Å². The van der Waals surface area contributed by atoms with Crippen molar-refractivity contribution in [2.45, 2.75) is 56.5 Å². The van der Waals surface area contributed by atoms with E-state index >= 15 is 0 Å². The summed E-state index contributed by atoms with van der Waals surface area (Å²) in [6, 6.07) is 0. The van der Waals surface area contributed by atoms with Crippen LogP contribution in [0.4, 0.5) is 0 Å². The summed E-state index contributed by atoms with van der Waals surface area (Å²) in [5.74, 6) is 0.260. The Morgan fingerprint density at radius 3 is 2.84 bits per heavy atom. The topological polar surface area (TPSA) is 59.1 Å². The first kappa shape index (κ1) is 11.9. The first-order chi connectivity index (χ1) is 8.84. The third-order valence-corrected chi connectivity index (χ3v) is 6.03. The lowest BCUT2D eigenvalue weighted by Crippen LogP contribution is -2.36. The fourth-order valence-corrected chi connectivity index (χ4v) is 4.76.